The Labute approximate surface area is 483 Å². The monoisotopic (exact) mass is 1100 g/mol. The van der Waals surface area contributed by atoms with Crippen molar-refractivity contribution >= 4 is 17.9 Å². The zero-order chi connectivity index (χ0) is 57.6. The van der Waals surface area contributed by atoms with E-state index in [2.05, 4.69) is 160 Å². The molecule has 9 nitrogen and oxygen atoms in total. The van der Waals surface area contributed by atoms with Crippen LogP contribution < -0.4 is 0 Å². The molecule has 0 saturated heterocycles. The first kappa shape index (κ1) is 74.2. The first-order valence-electron chi connectivity index (χ1n) is 31.0. The normalized spacial score (nSPS) is 13.8. The SMILES string of the molecule is CC/C=C\C/C=C\C/C=C\C/C=C\C/C=C\C/C=C\C/C=C\C/C=C\C/C=C\C/C=C\C/C=C\C/C=C\CCCCC(=O)OC(COC(=O)CCCCCCCCCCCCCCCCC)COC(OCC[N+](C)(C)C)C(=O)O. The van der Waals surface area contributed by atoms with Crippen LogP contribution in [0.2, 0.25) is 0 Å². The molecule has 0 aliphatic heterocycles. The molecule has 9 heteroatoms. The second-order valence-corrected chi connectivity index (χ2v) is 21.3. The first-order chi connectivity index (χ1) is 38.6. The Morgan fingerprint density at radius 1 is 0.392 bits per heavy atom. The van der Waals surface area contributed by atoms with Crippen molar-refractivity contribution in [1.29, 1.82) is 0 Å². The van der Waals surface area contributed by atoms with Gasteiger partial charge in [0, 0.05) is 12.8 Å². The van der Waals surface area contributed by atoms with Gasteiger partial charge in [0.1, 0.15) is 13.2 Å². The summed E-state index contributed by atoms with van der Waals surface area (Å²) in [4.78, 5) is 37.4. The van der Waals surface area contributed by atoms with Crippen LogP contribution in [0.15, 0.2) is 146 Å². The summed E-state index contributed by atoms with van der Waals surface area (Å²) in [5.41, 5.74) is 0. The molecule has 2 atom stereocenters. The number of aliphatic carboxylic acids is 1. The Balaban J connectivity index is 4.29. The van der Waals surface area contributed by atoms with Gasteiger partial charge in [-0.25, -0.2) is 4.79 Å². The molecule has 0 aliphatic carbocycles. The number of carbonyl (C=O) groups excluding carboxylic acids is 2. The number of hydrogen-bond acceptors (Lipinski definition) is 7. The highest BCUT2D eigenvalue weighted by Crippen LogP contribution is 2.15. The van der Waals surface area contributed by atoms with Crippen molar-refractivity contribution in [3.8, 4) is 0 Å². The lowest BCUT2D eigenvalue weighted by atomic mass is 10.0. The minimum Gasteiger partial charge on any atom is -0.477 e. The predicted octanol–water partition coefficient (Wildman–Crippen LogP) is 18.8. The van der Waals surface area contributed by atoms with Crippen molar-refractivity contribution in [1.82, 2.24) is 0 Å². The number of allylic oxidation sites excluding steroid dienone is 24. The Morgan fingerprint density at radius 3 is 1.08 bits per heavy atom. The third-order valence-corrected chi connectivity index (χ3v) is 12.6. The quantitative estimate of drug-likeness (QED) is 0.0211. The fraction of sp³-hybridized carbons (Fsp3) is 0.614. The van der Waals surface area contributed by atoms with Gasteiger partial charge < -0.3 is 28.5 Å². The lowest BCUT2D eigenvalue weighted by Crippen LogP contribution is -2.40. The fourth-order valence-electron chi connectivity index (χ4n) is 7.88. The molecule has 2 unspecified atom stereocenters. The number of carboxylic acid groups (broad SMARTS) is 1. The third kappa shape index (κ3) is 60.7. The van der Waals surface area contributed by atoms with Gasteiger partial charge in [-0.2, -0.15) is 0 Å². The Morgan fingerprint density at radius 2 is 0.722 bits per heavy atom. The Bertz CT molecular complexity index is 1800. The lowest BCUT2D eigenvalue weighted by Gasteiger charge is -2.25. The standard InChI is InChI=1S/C70H113NO8/c1-6-8-10-12-14-16-18-20-22-23-24-25-26-27-28-29-30-31-32-33-34-35-36-37-38-39-40-41-42-43-44-45-47-49-51-53-55-57-59-61-68(73)79-66(65-78-70(69(74)75)76-63-62-71(3,4)5)64-77-67(72)60-58-56-54-52-50-48-46-21-19-17-15-13-11-9-7-2/h8,10,14,16,20,22,24-25,27-28,30-31,33-34,36-37,39-40,42-43,45,47,51,53,66,70H,6-7,9,11-13,15,17-19,21,23,26,29,32,35,38,41,44,46,48-50,52,54-65H2,1-5H3/p+1/b10-8-,16-14-,22-20-,25-24-,28-27-,31-30-,34-33-,37-36-,40-39-,43-42-,47-45-,53-51-. The van der Waals surface area contributed by atoms with E-state index in [0.717, 1.165) is 109 Å². The predicted molar refractivity (Wildman–Crippen MR) is 336 cm³/mol. The van der Waals surface area contributed by atoms with Crippen LogP contribution in [0.1, 0.15) is 219 Å². The number of hydrogen-bond donors (Lipinski definition) is 1. The van der Waals surface area contributed by atoms with Crippen LogP contribution >= 0.6 is 0 Å². The molecule has 0 aromatic heterocycles. The van der Waals surface area contributed by atoms with Crippen molar-refractivity contribution in [2.24, 2.45) is 0 Å². The molecule has 0 aromatic rings. The van der Waals surface area contributed by atoms with E-state index in [4.69, 9.17) is 18.9 Å². The van der Waals surface area contributed by atoms with Crippen molar-refractivity contribution in [3.05, 3.63) is 146 Å². The Hall–Kier alpha value is -4.83. The fourth-order valence-corrected chi connectivity index (χ4v) is 7.88. The number of ether oxygens (including phenoxy) is 4. The van der Waals surface area contributed by atoms with Crippen LogP contribution in [-0.4, -0.2) is 87.4 Å². The van der Waals surface area contributed by atoms with Crippen molar-refractivity contribution in [2.75, 3.05) is 47.5 Å². The number of carbonyl (C=O) groups is 3. The van der Waals surface area contributed by atoms with E-state index in [-0.39, 0.29) is 38.6 Å². The van der Waals surface area contributed by atoms with E-state index in [1.807, 2.05) is 21.1 Å². The van der Waals surface area contributed by atoms with Crippen molar-refractivity contribution in [3.63, 3.8) is 0 Å². The van der Waals surface area contributed by atoms with Crippen LogP contribution in [0.3, 0.4) is 0 Å². The molecule has 0 radical (unpaired) electrons. The lowest BCUT2D eigenvalue weighted by molar-refractivity contribution is -0.870. The smallest absolute Gasteiger partial charge is 0.361 e. The number of nitrogens with zero attached hydrogens (tertiary/aromatic N) is 1. The average molecular weight is 1100 g/mol. The van der Waals surface area contributed by atoms with Gasteiger partial charge in [0.25, 0.3) is 6.29 Å². The summed E-state index contributed by atoms with van der Waals surface area (Å²) in [5, 5.41) is 9.70. The van der Waals surface area contributed by atoms with E-state index < -0.39 is 24.3 Å². The molecule has 0 spiro atoms. The van der Waals surface area contributed by atoms with E-state index in [1.165, 1.54) is 77.0 Å². The van der Waals surface area contributed by atoms with Crippen molar-refractivity contribution < 1.29 is 42.9 Å². The number of likely N-dealkylation sites (N-methyl/N-ethyl adjacent to an activating group) is 1. The topological polar surface area (TPSA) is 108 Å². The molecule has 0 heterocycles. The summed E-state index contributed by atoms with van der Waals surface area (Å²) in [7, 11) is 5.94. The summed E-state index contributed by atoms with van der Waals surface area (Å²) in [6, 6.07) is 0. The number of carboxylic acids is 1. The molecular formula is C70H114NO8+. The minimum absolute atomic E-state index is 0.173. The molecule has 0 rings (SSSR count). The minimum atomic E-state index is -1.53. The summed E-state index contributed by atoms with van der Waals surface area (Å²) >= 11 is 0. The van der Waals surface area contributed by atoms with Gasteiger partial charge in [-0.3, -0.25) is 9.59 Å². The summed E-state index contributed by atoms with van der Waals surface area (Å²) in [6.45, 7) is 4.70. The maximum Gasteiger partial charge on any atom is 0.361 e. The van der Waals surface area contributed by atoms with Crippen LogP contribution in [0.4, 0.5) is 0 Å². The molecule has 0 fully saturated rings. The Kier molecular flexibility index (Phi) is 55.7. The van der Waals surface area contributed by atoms with Gasteiger partial charge in [-0.05, 0) is 103 Å². The molecule has 0 aliphatic rings. The van der Waals surface area contributed by atoms with Gasteiger partial charge in [-0.1, -0.05) is 250 Å². The first-order valence-corrected chi connectivity index (χ1v) is 31.0. The molecule has 79 heavy (non-hydrogen) atoms. The van der Waals surface area contributed by atoms with E-state index in [1.54, 1.807) is 0 Å². The number of unbranched alkanes of at least 4 members (excludes halogenated alkanes) is 16. The highest BCUT2D eigenvalue weighted by atomic mass is 16.7. The summed E-state index contributed by atoms with van der Waals surface area (Å²) in [5.74, 6) is -2.08. The van der Waals surface area contributed by atoms with Gasteiger partial charge in [-0.15, -0.1) is 0 Å². The average Bonchev–Trinajstić information content (AvgIpc) is 3.42. The second-order valence-electron chi connectivity index (χ2n) is 21.3. The van der Waals surface area contributed by atoms with Crippen LogP contribution in [0, 0.1) is 0 Å². The molecule has 0 amide bonds. The van der Waals surface area contributed by atoms with Crippen LogP contribution in [0.5, 0.6) is 0 Å². The van der Waals surface area contributed by atoms with Crippen LogP contribution in [-0.2, 0) is 33.3 Å². The van der Waals surface area contributed by atoms with Crippen molar-refractivity contribution in [2.45, 2.75) is 232 Å². The molecular weight excluding hydrogens is 983 g/mol. The largest absolute Gasteiger partial charge is 0.477 e. The van der Waals surface area contributed by atoms with Gasteiger partial charge in [0.2, 0.25) is 0 Å². The van der Waals surface area contributed by atoms with E-state index in [0.29, 0.717) is 17.4 Å². The zero-order valence-corrected chi connectivity index (χ0v) is 50.7. The van der Waals surface area contributed by atoms with Gasteiger partial charge in [0.15, 0.2) is 6.10 Å². The number of esters is 2. The highest BCUT2D eigenvalue weighted by Gasteiger charge is 2.25. The molecule has 0 saturated carbocycles. The molecule has 1 N–H and O–H groups in total. The summed E-state index contributed by atoms with van der Waals surface area (Å²) < 4.78 is 22.8. The third-order valence-electron chi connectivity index (χ3n) is 12.6. The zero-order valence-electron chi connectivity index (χ0n) is 50.7. The summed E-state index contributed by atoms with van der Waals surface area (Å²) in [6.07, 6.45) is 83.7. The van der Waals surface area contributed by atoms with Gasteiger partial charge in [0.05, 0.1) is 34.4 Å². The highest BCUT2D eigenvalue weighted by molar-refractivity contribution is 5.71. The van der Waals surface area contributed by atoms with Gasteiger partial charge >= 0.3 is 17.9 Å². The maximum atomic E-state index is 12.9. The molecule has 0 bridgehead atoms. The van der Waals surface area contributed by atoms with E-state index >= 15 is 0 Å². The second kappa shape index (κ2) is 59.3. The number of quaternary nitrogens is 1. The number of rotatable bonds is 55. The molecule has 0 aromatic carbocycles. The maximum absolute atomic E-state index is 12.9. The van der Waals surface area contributed by atoms with E-state index in [9.17, 15) is 19.5 Å². The molecule has 446 valence electrons. The van der Waals surface area contributed by atoms with Crippen LogP contribution in [0.25, 0.3) is 0 Å².